The van der Waals surface area contributed by atoms with E-state index in [-0.39, 0.29) is 11.6 Å². The van der Waals surface area contributed by atoms with Crippen molar-refractivity contribution in [2.75, 3.05) is 39.3 Å². The molecule has 3 N–H and O–H groups in total. The molecule has 5 rings (SSSR count). The number of aromatic amines is 1. The Hall–Kier alpha value is -3.76. The molecule has 0 atom stereocenters. The Labute approximate surface area is 183 Å². The third-order valence-corrected chi connectivity index (χ3v) is 5.69. The number of nitro groups is 1. The molecule has 2 aliphatic rings. The van der Waals surface area contributed by atoms with Crippen molar-refractivity contribution in [2.45, 2.75) is 0 Å². The van der Waals surface area contributed by atoms with E-state index in [4.69, 9.17) is 4.84 Å². The van der Waals surface area contributed by atoms with Crippen molar-refractivity contribution in [3.8, 4) is 5.88 Å². The van der Waals surface area contributed by atoms with E-state index in [1.54, 1.807) is 6.07 Å². The van der Waals surface area contributed by atoms with Crippen molar-refractivity contribution in [3.05, 3.63) is 63.7 Å². The Morgan fingerprint density at radius 2 is 2.03 bits per heavy atom. The highest BCUT2D eigenvalue weighted by atomic mass is 16.6. The molecule has 0 unspecified atom stereocenters. The molecule has 10 nitrogen and oxygen atoms in total. The molecule has 0 aliphatic carbocycles. The molecule has 1 saturated heterocycles. The number of nitrogens with zero attached hydrogens (tertiary/aromatic N) is 4. The average Bonchev–Trinajstić information content (AvgIpc) is 3.33. The van der Waals surface area contributed by atoms with Crippen LogP contribution in [0, 0.1) is 10.1 Å². The number of hydrogen-bond acceptors (Lipinski definition) is 8. The quantitative estimate of drug-likeness (QED) is 0.311. The molecule has 0 saturated carbocycles. The molecular formula is C22H22N6O4. The maximum atomic E-state index is 11.3. The first-order valence-corrected chi connectivity index (χ1v) is 10.4. The van der Waals surface area contributed by atoms with Crippen LogP contribution in [0.3, 0.4) is 0 Å². The summed E-state index contributed by atoms with van der Waals surface area (Å²) >= 11 is 0. The fourth-order valence-corrected chi connectivity index (χ4v) is 4.07. The summed E-state index contributed by atoms with van der Waals surface area (Å²) in [4.78, 5) is 26.3. The van der Waals surface area contributed by atoms with E-state index in [1.807, 2.05) is 24.3 Å². The van der Waals surface area contributed by atoms with Crippen LogP contribution < -0.4 is 5.32 Å². The predicted molar refractivity (Wildman–Crippen MR) is 121 cm³/mol. The van der Waals surface area contributed by atoms with Crippen molar-refractivity contribution < 1.29 is 14.9 Å². The van der Waals surface area contributed by atoms with Gasteiger partial charge in [0.15, 0.2) is 5.88 Å². The van der Waals surface area contributed by atoms with Gasteiger partial charge in [0.25, 0.3) is 5.69 Å². The standard InChI is InChI=1S/C22H22N6O4/c29-22-19(16-13-14(28(30)31)5-6-18(16)25-22)21-20(15-3-1-2-4-17(15)24-21)26-32-12-11-27-9-7-23-8-10-27/h1-6,13,23,25,29H,7-12H2/b26-20+. The Kier molecular flexibility index (Phi) is 5.29. The second-order valence-corrected chi connectivity index (χ2v) is 7.68. The number of aromatic hydroxyl groups is 1. The lowest BCUT2D eigenvalue weighted by atomic mass is 10.0. The number of fused-ring (bicyclic) bond motifs is 2. The van der Waals surface area contributed by atoms with Gasteiger partial charge in [-0.3, -0.25) is 15.0 Å². The second-order valence-electron chi connectivity index (χ2n) is 7.68. The number of nitrogens with one attached hydrogen (secondary N) is 2. The third kappa shape index (κ3) is 3.70. The van der Waals surface area contributed by atoms with Gasteiger partial charge < -0.3 is 20.2 Å². The smallest absolute Gasteiger partial charge is 0.270 e. The molecule has 2 aromatic carbocycles. The number of nitro benzene ring substituents is 1. The number of hydrogen-bond donors (Lipinski definition) is 3. The summed E-state index contributed by atoms with van der Waals surface area (Å²) < 4.78 is 0. The highest BCUT2D eigenvalue weighted by Crippen LogP contribution is 2.36. The number of benzene rings is 2. The SMILES string of the molecule is O=[N+]([O-])c1ccc2[nH]c(O)c(C3=Nc4ccccc4/C3=N\OCCN3CCNCC3)c2c1. The molecular weight excluding hydrogens is 412 g/mol. The number of oxime groups is 1. The highest BCUT2D eigenvalue weighted by molar-refractivity contribution is 6.58. The molecule has 3 heterocycles. The Bertz CT molecular complexity index is 1240. The zero-order valence-corrected chi connectivity index (χ0v) is 17.2. The summed E-state index contributed by atoms with van der Waals surface area (Å²) in [6, 6.07) is 11.9. The average molecular weight is 434 g/mol. The minimum atomic E-state index is -0.466. The summed E-state index contributed by atoms with van der Waals surface area (Å²) in [7, 11) is 0. The topological polar surface area (TPSA) is 128 Å². The van der Waals surface area contributed by atoms with Crippen LogP contribution in [-0.4, -0.2) is 70.7 Å². The monoisotopic (exact) mass is 434 g/mol. The van der Waals surface area contributed by atoms with Gasteiger partial charge in [0.05, 0.1) is 16.2 Å². The van der Waals surface area contributed by atoms with E-state index in [9.17, 15) is 15.2 Å². The van der Waals surface area contributed by atoms with E-state index in [2.05, 4.69) is 25.3 Å². The normalized spacial score (nSPS) is 17.5. The van der Waals surface area contributed by atoms with Crippen LogP contribution in [0.4, 0.5) is 11.4 Å². The van der Waals surface area contributed by atoms with E-state index >= 15 is 0 Å². The maximum Gasteiger partial charge on any atom is 0.270 e. The second kappa shape index (κ2) is 8.40. The fourth-order valence-electron chi connectivity index (χ4n) is 4.07. The van der Waals surface area contributed by atoms with Gasteiger partial charge in [-0.15, -0.1) is 0 Å². The van der Waals surface area contributed by atoms with E-state index in [1.165, 1.54) is 12.1 Å². The van der Waals surface area contributed by atoms with Gasteiger partial charge in [0.2, 0.25) is 0 Å². The Morgan fingerprint density at radius 3 is 2.84 bits per heavy atom. The molecule has 1 aromatic heterocycles. The molecule has 164 valence electrons. The molecule has 0 bridgehead atoms. The van der Waals surface area contributed by atoms with Gasteiger partial charge in [-0.25, -0.2) is 4.99 Å². The largest absolute Gasteiger partial charge is 0.494 e. The van der Waals surface area contributed by atoms with Crippen LogP contribution in [0.1, 0.15) is 11.1 Å². The van der Waals surface area contributed by atoms with Crippen LogP contribution in [-0.2, 0) is 4.84 Å². The maximum absolute atomic E-state index is 11.3. The van der Waals surface area contributed by atoms with Gasteiger partial charge in [0, 0.05) is 61.3 Å². The number of non-ortho nitro benzene ring substituents is 1. The van der Waals surface area contributed by atoms with Crippen molar-refractivity contribution >= 4 is 33.7 Å². The van der Waals surface area contributed by atoms with Crippen LogP contribution in [0.25, 0.3) is 10.9 Å². The molecule has 0 amide bonds. The predicted octanol–water partition coefficient (Wildman–Crippen LogP) is 2.54. The first kappa shape index (κ1) is 20.2. The van der Waals surface area contributed by atoms with Gasteiger partial charge in [-0.1, -0.05) is 23.4 Å². The molecule has 32 heavy (non-hydrogen) atoms. The van der Waals surface area contributed by atoms with Gasteiger partial charge >= 0.3 is 0 Å². The lowest BCUT2D eigenvalue weighted by Gasteiger charge is -2.26. The summed E-state index contributed by atoms with van der Waals surface area (Å²) in [6.45, 7) is 5.05. The van der Waals surface area contributed by atoms with Gasteiger partial charge in [0.1, 0.15) is 18.0 Å². The number of H-pyrrole nitrogens is 1. The summed E-state index contributed by atoms with van der Waals surface area (Å²) in [5.41, 5.74) is 3.25. The minimum Gasteiger partial charge on any atom is -0.494 e. The third-order valence-electron chi connectivity index (χ3n) is 5.69. The van der Waals surface area contributed by atoms with Crippen molar-refractivity contribution in [1.82, 2.24) is 15.2 Å². The van der Waals surface area contributed by atoms with Crippen LogP contribution in [0.2, 0.25) is 0 Å². The first-order valence-electron chi connectivity index (χ1n) is 10.4. The van der Waals surface area contributed by atoms with Gasteiger partial charge in [-0.2, -0.15) is 0 Å². The molecule has 0 spiro atoms. The molecule has 2 aliphatic heterocycles. The Balaban J connectivity index is 1.49. The summed E-state index contributed by atoms with van der Waals surface area (Å²) in [6.07, 6.45) is 0. The zero-order valence-electron chi connectivity index (χ0n) is 17.2. The van der Waals surface area contributed by atoms with E-state index in [0.717, 1.165) is 38.3 Å². The van der Waals surface area contributed by atoms with Crippen molar-refractivity contribution in [3.63, 3.8) is 0 Å². The lowest BCUT2D eigenvalue weighted by Crippen LogP contribution is -2.44. The number of aliphatic imine (C=N–C) groups is 1. The summed E-state index contributed by atoms with van der Waals surface area (Å²) in [5.74, 6) is -0.124. The van der Waals surface area contributed by atoms with Crippen molar-refractivity contribution in [2.24, 2.45) is 10.1 Å². The molecule has 10 heteroatoms. The highest BCUT2D eigenvalue weighted by Gasteiger charge is 2.30. The number of piperazine rings is 1. The first-order chi connectivity index (χ1) is 15.6. The van der Waals surface area contributed by atoms with Crippen LogP contribution in [0.5, 0.6) is 5.88 Å². The molecule has 3 aromatic rings. The lowest BCUT2D eigenvalue weighted by molar-refractivity contribution is -0.384. The minimum absolute atomic E-state index is 0.0698. The van der Waals surface area contributed by atoms with Crippen LogP contribution >= 0.6 is 0 Å². The number of para-hydroxylation sites is 1. The molecule has 0 radical (unpaired) electrons. The number of rotatable bonds is 6. The fraction of sp³-hybridized carbons (Fsp3) is 0.273. The van der Waals surface area contributed by atoms with Gasteiger partial charge in [-0.05, 0) is 12.1 Å². The summed E-state index contributed by atoms with van der Waals surface area (Å²) in [5, 5.41) is 30.1. The van der Waals surface area contributed by atoms with Crippen molar-refractivity contribution in [1.29, 1.82) is 0 Å². The zero-order chi connectivity index (χ0) is 22.1. The van der Waals surface area contributed by atoms with E-state index in [0.29, 0.717) is 40.2 Å². The Morgan fingerprint density at radius 1 is 1.22 bits per heavy atom. The van der Waals surface area contributed by atoms with E-state index < -0.39 is 4.92 Å². The number of aromatic nitrogens is 1. The molecule has 1 fully saturated rings. The van der Waals surface area contributed by atoms with Crippen LogP contribution in [0.15, 0.2) is 52.6 Å².